The molecule has 2 aromatic heterocycles. The Hall–Kier alpha value is -1.84. The monoisotopic (exact) mass is 616 g/mol. The van der Waals surface area contributed by atoms with Gasteiger partial charge in [-0.3, -0.25) is 8.69 Å². The highest BCUT2D eigenvalue weighted by atomic mass is 127. The van der Waals surface area contributed by atoms with Gasteiger partial charge in [0.05, 0.1) is 11.3 Å². The van der Waals surface area contributed by atoms with Crippen molar-refractivity contribution in [2.24, 2.45) is 0 Å². The summed E-state index contributed by atoms with van der Waals surface area (Å²) in [4.78, 5) is 1.19. The van der Waals surface area contributed by atoms with E-state index in [0.29, 0.717) is 10.2 Å². The maximum Gasteiger partial charge on any atom is 0.419 e. The third-order valence-corrected chi connectivity index (χ3v) is 8.84. The number of alkyl halides is 3. The van der Waals surface area contributed by atoms with Gasteiger partial charge in [0.2, 0.25) is 0 Å². The van der Waals surface area contributed by atoms with Crippen molar-refractivity contribution in [3.05, 3.63) is 71.9 Å². The van der Waals surface area contributed by atoms with Gasteiger partial charge in [-0.2, -0.15) is 13.2 Å². The number of hydrogen-bond acceptors (Lipinski definition) is 4. The summed E-state index contributed by atoms with van der Waals surface area (Å²) < 4.78 is 95.9. The van der Waals surface area contributed by atoms with Crippen molar-refractivity contribution in [1.82, 2.24) is 3.97 Å². The minimum atomic E-state index is -5.12. The van der Waals surface area contributed by atoms with Crippen molar-refractivity contribution in [1.29, 1.82) is 0 Å². The van der Waals surface area contributed by atoms with E-state index in [1.165, 1.54) is 26.7 Å². The lowest BCUT2D eigenvalue weighted by molar-refractivity contribution is -0.140. The third-order valence-electron chi connectivity index (χ3n) is 4.44. The van der Waals surface area contributed by atoms with E-state index in [1.807, 2.05) is 56.3 Å². The first-order valence-electron chi connectivity index (χ1n) is 8.59. The molecule has 0 spiro atoms. The van der Waals surface area contributed by atoms with Gasteiger partial charge in [-0.05, 0) is 17.7 Å². The van der Waals surface area contributed by atoms with E-state index in [9.17, 15) is 30.4 Å². The lowest BCUT2D eigenvalue weighted by Gasteiger charge is -2.12. The van der Waals surface area contributed by atoms with E-state index in [2.05, 4.69) is 0 Å². The molecule has 0 bridgehead atoms. The summed E-state index contributed by atoms with van der Waals surface area (Å²) >= 11 is 3.31. The summed E-state index contributed by atoms with van der Waals surface area (Å²) in [7, 11) is -3.25. The second-order valence-corrected chi connectivity index (χ2v) is 10.9. The Kier molecular flexibility index (Phi) is 6.19. The average molecular weight is 616 g/mol. The molecule has 4 rings (SSSR count). The Bertz CT molecular complexity index is 1420. The highest BCUT2D eigenvalue weighted by molar-refractivity contribution is 14.2. The number of benzene rings is 2. The quantitative estimate of drug-likeness (QED) is 0.189. The second kappa shape index (κ2) is 8.50. The number of nitrogens with zero attached hydrogens (tertiary/aromatic N) is 1. The molecule has 0 aliphatic carbocycles. The Morgan fingerprint density at radius 2 is 1.72 bits per heavy atom. The fraction of sp³-hybridized carbons (Fsp3) is 0.0526. The third kappa shape index (κ3) is 4.34. The summed E-state index contributed by atoms with van der Waals surface area (Å²) in [5.41, 5.74) is -1.87. The topological polar surface area (TPSA) is 51.1 Å². The molecule has 0 fully saturated rings. The van der Waals surface area contributed by atoms with Gasteiger partial charge in [0, 0.05) is 52.9 Å². The molecule has 0 radical (unpaired) electrons. The molecule has 168 valence electrons. The van der Waals surface area contributed by atoms with Gasteiger partial charge in [0.1, 0.15) is 21.4 Å². The van der Waals surface area contributed by atoms with Crippen LogP contribution in [0.2, 0.25) is 0 Å². The number of halogens is 6. The number of aromatic nitrogens is 1. The maximum atomic E-state index is 14.2. The summed E-state index contributed by atoms with van der Waals surface area (Å²) in [5.74, 6) is -3.33. The van der Waals surface area contributed by atoms with Crippen LogP contribution >= 0.6 is 41.7 Å². The zero-order valence-electron chi connectivity index (χ0n) is 15.5. The first kappa shape index (κ1) is 23.3. The van der Waals surface area contributed by atoms with Crippen LogP contribution in [-0.4, -0.2) is 12.4 Å². The average Bonchev–Trinajstić information content (AvgIpc) is 3.29. The molecule has 0 saturated carbocycles. The first-order chi connectivity index (χ1) is 15.0. The Labute approximate surface area is 199 Å². The van der Waals surface area contributed by atoms with E-state index < -0.39 is 39.1 Å². The van der Waals surface area contributed by atoms with E-state index in [1.54, 1.807) is 10.0 Å². The van der Waals surface area contributed by atoms with Crippen LogP contribution in [0.1, 0.15) is 5.56 Å². The van der Waals surface area contributed by atoms with Crippen LogP contribution in [0.4, 0.5) is 27.6 Å². The van der Waals surface area contributed by atoms with Gasteiger partial charge in [0.25, 0.3) is 10.0 Å². The maximum absolute atomic E-state index is 14.2. The van der Waals surface area contributed by atoms with Gasteiger partial charge >= 0.3 is 6.18 Å². The number of sulfonamides is 1. The van der Waals surface area contributed by atoms with Gasteiger partial charge in [-0.1, -0.05) is 30.3 Å². The SMILES string of the molecule is O=S(=O)(Nc1cc(F)c(C(F)(F)F)cc1F)c1cn(SI)c2sc(-c3ccccc3)cc12. The number of anilines is 1. The van der Waals surface area contributed by atoms with Crippen molar-refractivity contribution in [3.63, 3.8) is 0 Å². The van der Waals surface area contributed by atoms with Crippen LogP contribution < -0.4 is 4.72 Å². The molecule has 1 N–H and O–H groups in total. The van der Waals surface area contributed by atoms with E-state index >= 15 is 0 Å². The smallest absolute Gasteiger partial charge is 0.276 e. The fourth-order valence-corrected chi connectivity index (χ4v) is 7.31. The molecular weight excluding hydrogens is 606 g/mol. The molecule has 32 heavy (non-hydrogen) atoms. The lowest BCUT2D eigenvalue weighted by Crippen LogP contribution is -2.15. The van der Waals surface area contributed by atoms with Crippen molar-refractivity contribution in [2.75, 3.05) is 4.72 Å². The van der Waals surface area contributed by atoms with Crippen LogP contribution in [0.5, 0.6) is 0 Å². The molecule has 13 heteroatoms. The predicted molar refractivity (Wildman–Crippen MR) is 124 cm³/mol. The number of nitrogens with one attached hydrogen (secondary N) is 1. The molecule has 4 aromatic rings. The van der Waals surface area contributed by atoms with Crippen LogP contribution in [0, 0.1) is 11.6 Å². The van der Waals surface area contributed by atoms with Gasteiger partial charge in [-0.15, -0.1) is 11.3 Å². The summed E-state index contributed by atoms with van der Waals surface area (Å²) in [6.07, 6.45) is -3.80. The van der Waals surface area contributed by atoms with E-state index in [-0.39, 0.29) is 17.0 Å². The fourth-order valence-electron chi connectivity index (χ4n) is 3.01. The molecule has 2 aromatic carbocycles. The molecule has 0 unspecified atom stereocenters. The van der Waals surface area contributed by atoms with Gasteiger partial charge in [-0.25, -0.2) is 17.2 Å². The zero-order valence-corrected chi connectivity index (χ0v) is 20.1. The minimum Gasteiger partial charge on any atom is -0.276 e. The van der Waals surface area contributed by atoms with E-state index in [0.717, 1.165) is 10.4 Å². The molecule has 0 saturated heterocycles. The lowest BCUT2D eigenvalue weighted by atomic mass is 10.2. The van der Waals surface area contributed by atoms with Gasteiger partial charge < -0.3 is 0 Å². The number of rotatable bonds is 5. The van der Waals surface area contributed by atoms with E-state index in [4.69, 9.17) is 0 Å². The summed E-state index contributed by atoms with van der Waals surface area (Å²) in [6, 6.07) is 11.0. The predicted octanol–water partition coefficient (Wildman–Crippen LogP) is 7.31. The molecule has 2 heterocycles. The van der Waals surface area contributed by atoms with Crippen LogP contribution in [0.25, 0.3) is 20.7 Å². The second-order valence-electron chi connectivity index (χ2n) is 6.50. The Morgan fingerprint density at radius 3 is 2.34 bits per heavy atom. The molecular formula is C19H10F5IN2O2S3. The van der Waals surface area contributed by atoms with Gasteiger partial charge in [0.15, 0.2) is 0 Å². The normalized spacial score (nSPS) is 12.4. The molecule has 0 atom stereocenters. The standard InChI is InChI=1S/C19H10F5IN2O2S3/c20-13-8-15(14(21)7-12(13)19(22,23)24)26-32(28,29)17-9-27(31-25)18-11(17)6-16(30-18)10-4-2-1-3-5-10/h1-9,26H. The zero-order chi connectivity index (χ0) is 23.3. The molecule has 0 aliphatic rings. The number of hydrogen-bond donors (Lipinski definition) is 1. The van der Waals surface area contributed by atoms with Crippen molar-refractivity contribution >= 4 is 67.6 Å². The summed E-state index contributed by atoms with van der Waals surface area (Å²) in [6.45, 7) is 0. The largest absolute Gasteiger partial charge is 0.419 e. The molecule has 4 nitrogen and oxygen atoms in total. The van der Waals surface area contributed by atoms with Crippen molar-refractivity contribution < 1.29 is 30.4 Å². The first-order valence-corrected chi connectivity index (χ1v) is 14.2. The molecule has 0 amide bonds. The summed E-state index contributed by atoms with van der Waals surface area (Å²) in [5, 5.41) is 0.346. The van der Waals surface area contributed by atoms with Crippen LogP contribution in [0.3, 0.4) is 0 Å². The van der Waals surface area contributed by atoms with Crippen molar-refractivity contribution in [2.45, 2.75) is 11.1 Å². The highest BCUT2D eigenvalue weighted by Gasteiger charge is 2.35. The number of thiophene rings is 1. The number of fused-ring (bicyclic) bond motifs is 1. The van der Waals surface area contributed by atoms with Crippen LogP contribution in [0.15, 0.2) is 59.6 Å². The highest BCUT2D eigenvalue weighted by Crippen LogP contribution is 2.41. The van der Waals surface area contributed by atoms with Crippen molar-refractivity contribution in [3.8, 4) is 10.4 Å². The Morgan fingerprint density at radius 1 is 1.03 bits per heavy atom. The van der Waals surface area contributed by atoms with Crippen LogP contribution in [-0.2, 0) is 16.2 Å². The minimum absolute atomic E-state index is 0.0767. The Balaban J connectivity index is 1.79. The molecule has 0 aliphatic heterocycles.